The Balaban J connectivity index is 1.49. The molecule has 3 heterocycles. The maximum Gasteiger partial charge on any atom is 0.0425 e. The van der Waals surface area contributed by atoms with Gasteiger partial charge in [-0.15, -0.1) is 11.3 Å². The quantitative estimate of drug-likeness (QED) is 0.742. The van der Waals surface area contributed by atoms with Crippen LogP contribution in [0.25, 0.3) is 16.7 Å². The number of pyridine rings is 1. The number of aromatic nitrogens is 1. The molecule has 0 fully saturated rings. The molecule has 0 aliphatic carbocycles. The summed E-state index contributed by atoms with van der Waals surface area (Å²) in [5.74, 6) is 0. The van der Waals surface area contributed by atoms with Crippen molar-refractivity contribution in [2.24, 2.45) is 0 Å². The van der Waals surface area contributed by atoms with Crippen molar-refractivity contribution in [1.29, 1.82) is 0 Å². The lowest BCUT2D eigenvalue weighted by atomic mass is 9.96. The van der Waals surface area contributed by atoms with E-state index in [1.807, 2.05) is 17.5 Å². The van der Waals surface area contributed by atoms with Crippen LogP contribution in [0.1, 0.15) is 17.0 Å². The van der Waals surface area contributed by atoms with Crippen LogP contribution in [-0.4, -0.2) is 17.6 Å². The Morgan fingerprint density at radius 2 is 1.96 bits per heavy atom. The smallest absolute Gasteiger partial charge is 0.0425 e. The predicted molar refractivity (Wildman–Crippen MR) is 102 cm³/mol. The van der Waals surface area contributed by atoms with Gasteiger partial charge in [-0.05, 0) is 46.7 Å². The van der Waals surface area contributed by atoms with Crippen LogP contribution in [0.4, 0.5) is 0 Å². The second-order valence-electron chi connectivity index (χ2n) is 6.12. The summed E-state index contributed by atoms with van der Waals surface area (Å²) in [6.45, 7) is 0.941. The largest absolute Gasteiger partial charge is 0.310 e. The van der Waals surface area contributed by atoms with Crippen LogP contribution in [0, 0.1) is 0 Å². The number of hydrogen-bond acceptors (Lipinski definition) is 3. The van der Waals surface area contributed by atoms with Crippen LogP contribution in [0.15, 0.2) is 72.3 Å². The lowest BCUT2D eigenvalue weighted by Crippen LogP contribution is -2.34. The maximum atomic E-state index is 4.59. The molecule has 3 aromatic rings. The lowest BCUT2D eigenvalue weighted by molar-refractivity contribution is 0.528. The van der Waals surface area contributed by atoms with Gasteiger partial charge in [0.15, 0.2) is 0 Å². The van der Waals surface area contributed by atoms with Crippen LogP contribution < -0.4 is 5.32 Å². The van der Waals surface area contributed by atoms with Gasteiger partial charge in [0.1, 0.15) is 0 Å². The van der Waals surface area contributed by atoms with E-state index >= 15 is 0 Å². The molecular weight excluding hydrogens is 312 g/mol. The highest BCUT2D eigenvalue weighted by molar-refractivity contribution is 7.11. The van der Waals surface area contributed by atoms with Crippen molar-refractivity contribution in [1.82, 2.24) is 10.3 Å². The van der Waals surface area contributed by atoms with Gasteiger partial charge in [0, 0.05) is 35.8 Å². The molecule has 1 aliphatic rings. The normalized spacial score (nSPS) is 17.5. The molecule has 24 heavy (non-hydrogen) atoms. The Morgan fingerprint density at radius 1 is 1.04 bits per heavy atom. The zero-order chi connectivity index (χ0) is 16.2. The van der Waals surface area contributed by atoms with Crippen molar-refractivity contribution in [3.8, 4) is 11.1 Å². The fourth-order valence-electron chi connectivity index (χ4n) is 3.23. The topological polar surface area (TPSA) is 24.9 Å². The molecule has 2 aromatic heterocycles. The van der Waals surface area contributed by atoms with E-state index in [0.717, 1.165) is 25.1 Å². The molecule has 120 valence electrons. The number of thiophene rings is 1. The van der Waals surface area contributed by atoms with Crippen molar-refractivity contribution in [2.45, 2.75) is 18.9 Å². The van der Waals surface area contributed by atoms with E-state index in [9.17, 15) is 0 Å². The molecule has 3 heteroatoms. The number of hydrogen-bond donors (Lipinski definition) is 1. The zero-order valence-electron chi connectivity index (χ0n) is 13.5. The molecule has 0 spiro atoms. The van der Waals surface area contributed by atoms with E-state index in [4.69, 9.17) is 0 Å². The van der Waals surface area contributed by atoms with Gasteiger partial charge >= 0.3 is 0 Å². The highest BCUT2D eigenvalue weighted by Crippen LogP contribution is 2.27. The summed E-state index contributed by atoms with van der Waals surface area (Å²) >= 11 is 1.83. The first-order chi connectivity index (χ1) is 11.9. The molecule has 1 unspecified atom stereocenters. The average Bonchev–Trinajstić information content (AvgIpc) is 3.18. The third kappa shape index (κ3) is 3.48. The molecule has 1 N–H and O–H groups in total. The van der Waals surface area contributed by atoms with E-state index in [0.29, 0.717) is 6.04 Å². The Morgan fingerprint density at radius 3 is 2.79 bits per heavy atom. The second kappa shape index (κ2) is 7.12. The monoisotopic (exact) mass is 332 g/mol. The van der Waals surface area contributed by atoms with E-state index in [1.54, 1.807) is 0 Å². The number of nitrogens with one attached hydrogen (secondary N) is 1. The molecule has 0 amide bonds. The van der Waals surface area contributed by atoms with Gasteiger partial charge in [-0.3, -0.25) is 4.98 Å². The van der Waals surface area contributed by atoms with E-state index in [1.165, 1.54) is 21.6 Å². The average molecular weight is 332 g/mol. The highest BCUT2D eigenvalue weighted by atomic mass is 32.1. The van der Waals surface area contributed by atoms with Crippen molar-refractivity contribution in [3.05, 3.63) is 82.8 Å². The molecule has 1 atom stereocenters. The molecule has 2 nitrogen and oxygen atoms in total. The summed E-state index contributed by atoms with van der Waals surface area (Å²) in [6, 6.07) is 19.6. The molecule has 0 saturated heterocycles. The number of benzene rings is 1. The second-order valence-corrected chi connectivity index (χ2v) is 7.07. The third-order valence-electron chi connectivity index (χ3n) is 4.44. The minimum Gasteiger partial charge on any atom is -0.310 e. The maximum absolute atomic E-state index is 4.59. The van der Waals surface area contributed by atoms with Crippen LogP contribution >= 0.6 is 11.3 Å². The summed E-state index contributed by atoms with van der Waals surface area (Å²) in [6.07, 6.45) is 6.27. The fraction of sp³-hybridized carbons (Fsp3) is 0.190. The standard InChI is InChI=1S/C21H20N2S/c1-2-5-16(6-3-1)17-8-10-22-19(13-17)15-20-14-18(9-11-23-20)21-7-4-12-24-21/h1-10,12-13,20,23H,11,14-15H2. The SMILES string of the molecule is C1=C(c2cccs2)CC(Cc2cc(-c3ccccc3)ccn2)NC1. The molecule has 4 rings (SSSR count). The molecular formula is C21H20N2S. The first-order valence-corrected chi connectivity index (χ1v) is 9.23. The highest BCUT2D eigenvalue weighted by Gasteiger charge is 2.17. The van der Waals surface area contributed by atoms with E-state index in [2.05, 4.69) is 76.4 Å². The van der Waals surface area contributed by atoms with Gasteiger partial charge in [-0.25, -0.2) is 0 Å². The van der Waals surface area contributed by atoms with Crippen LogP contribution in [0.5, 0.6) is 0 Å². The van der Waals surface area contributed by atoms with Crippen LogP contribution in [-0.2, 0) is 6.42 Å². The van der Waals surface area contributed by atoms with Crippen molar-refractivity contribution in [2.75, 3.05) is 6.54 Å². The number of nitrogens with zero attached hydrogens (tertiary/aromatic N) is 1. The molecule has 0 saturated carbocycles. The molecule has 1 aromatic carbocycles. The van der Waals surface area contributed by atoms with E-state index in [-0.39, 0.29) is 0 Å². The minimum atomic E-state index is 0.450. The van der Waals surface area contributed by atoms with Gasteiger partial charge in [0.2, 0.25) is 0 Å². The van der Waals surface area contributed by atoms with Gasteiger partial charge in [-0.1, -0.05) is 42.5 Å². The van der Waals surface area contributed by atoms with Gasteiger partial charge in [0.05, 0.1) is 0 Å². The lowest BCUT2D eigenvalue weighted by Gasteiger charge is -2.24. The van der Waals surface area contributed by atoms with Gasteiger partial charge < -0.3 is 5.32 Å². The van der Waals surface area contributed by atoms with E-state index < -0.39 is 0 Å². The molecule has 1 aliphatic heterocycles. The fourth-order valence-corrected chi connectivity index (χ4v) is 4.01. The minimum absolute atomic E-state index is 0.450. The predicted octanol–water partition coefficient (Wildman–Crippen LogP) is 4.80. The molecule has 0 radical (unpaired) electrons. The summed E-state index contributed by atoms with van der Waals surface area (Å²) in [4.78, 5) is 5.99. The zero-order valence-corrected chi connectivity index (χ0v) is 14.3. The van der Waals surface area contributed by atoms with Gasteiger partial charge in [-0.2, -0.15) is 0 Å². The van der Waals surface area contributed by atoms with Crippen LogP contribution in [0.3, 0.4) is 0 Å². The first-order valence-electron chi connectivity index (χ1n) is 8.35. The van der Waals surface area contributed by atoms with Crippen molar-refractivity contribution in [3.63, 3.8) is 0 Å². The van der Waals surface area contributed by atoms with Crippen molar-refractivity contribution >= 4 is 16.9 Å². The summed E-state index contributed by atoms with van der Waals surface area (Å²) in [5.41, 5.74) is 5.11. The van der Waals surface area contributed by atoms with Gasteiger partial charge in [0.25, 0.3) is 0 Å². The number of rotatable bonds is 4. The molecule has 0 bridgehead atoms. The van der Waals surface area contributed by atoms with Crippen molar-refractivity contribution < 1.29 is 0 Å². The Hall–Kier alpha value is -2.23. The summed E-state index contributed by atoms with van der Waals surface area (Å²) in [5, 5.41) is 5.76. The summed E-state index contributed by atoms with van der Waals surface area (Å²) in [7, 11) is 0. The Kier molecular flexibility index (Phi) is 4.54. The Bertz CT molecular complexity index is 822. The third-order valence-corrected chi connectivity index (χ3v) is 5.38. The Labute approximate surface area is 146 Å². The summed E-state index contributed by atoms with van der Waals surface area (Å²) < 4.78 is 0. The first kappa shape index (κ1) is 15.3. The van der Waals surface area contributed by atoms with Crippen LogP contribution in [0.2, 0.25) is 0 Å².